The van der Waals surface area contributed by atoms with Crippen molar-refractivity contribution in [2.45, 2.75) is 47.1 Å². The van der Waals surface area contributed by atoms with Crippen LogP contribution in [0, 0.1) is 0 Å². The highest BCUT2D eigenvalue weighted by molar-refractivity contribution is 5.75. The largest absolute Gasteiger partial charge is 0.381 e. The number of ether oxygens (including phenoxy) is 1. The van der Waals surface area contributed by atoms with E-state index < -0.39 is 0 Å². The third-order valence-corrected chi connectivity index (χ3v) is 2.82. The van der Waals surface area contributed by atoms with E-state index in [0.29, 0.717) is 6.42 Å². The maximum atomic E-state index is 11.0. The fourth-order valence-electron chi connectivity index (χ4n) is 1.77. The molecule has 0 aromatic heterocycles. The monoisotopic (exact) mass is 264 g/mol. The second-order valence-corrected chi connectivity index (χ2v) is 4.25. The summed E-state index contributed by atoms with van der Waals surface area (Å²) in [6.45, 7) is 5.33. The van der Waals surface area contributed by atoms with Gasteiger partial charge in [-0.05, 0) is 30.9 Å². The van der Waals surface area contributed by atoms with E-state index in [-0.39, 0.29) is 26.7 Å². The fourth-order valence-corrected chi connectivity index (χ4v) is 1.77. The molecule has 1 aromatic carbocycles. The Hall–Kier alpha value is -1.41. The molecule has 0 spiro atoms. The second-order valence-electron chi connectivity index (χ2n) is 4.25. The van der Waals surface area contributed by atoms with E-state index in [4.69, 9.17) is 4.74 Å². The van der Waals surface area contributed by atoms with Crippen LogP contribution < -0.4 is 0 Å². The van der Waals surface area contributed by atoms with Crippen molar-refractivity contribution in [2.24, 2.45) is 0 Å². The van der Waals surface area contributed by atoms with Gasteiger partial charge in [0.2, 0.25) is 0 Å². The third kappa shape index (κ3) is 7.58. The molecule has 108 valence electrons. The van der Waals surface area contributed by atoms with Gasteiger partial charge in [-0.2, -0.15) is 0 Å². The highest BCUT2D eigenvalue weighted by Crippen LogP contribution is 2.12. The molecule has 1 rings (SSSR count). The zero-order chi connectivity index (χ0) is 12.7. The van der Waals surface area contributed by atoms with Crippen molar-refractivity contribution >= 4 is 11.9 Å². The Bertz CT molecular complexity index is 365. The summed E-state index contributed by atoms with van der Waals surface area (Å²) in [7, 11) is 1.66. The van der Waals surface area contributed by atoms with Gasteiger partial charge in [-0.3, -0.25) is 4.79 Å². The Morgan fingerprint density at radius 3 is 2.32 bits per heavy atom. The number of Topliss-reactive ketones (excluding diaryl/α,β-unsaturated/α-hetero) is 1. The van der Waals surface area contributed by atoms with Gasteiger partial charge in [-0.15, -0.1) is 0 Å². The van der Waals surface area contributed by atoms with Crippen molar-refractivity contribution in [3.05, 3.63) is 42.0 Å². The van der Waals surface area contributed by atoms with Crippen LogP contribution in [0.4, 0.5) is 0 Å². The molecule has 2 heteroatoms. The zero-order valence-electron chi connectivity index (χ0n) is 10.6. The van der Waals surface area contributed by atoms with Crippen molar-refractivity contribution in [2.75, 3.05) is 7.11 Å². The lowest BCUT2D eigenvalue weighted by molar-refractivity contribution is -0.119. The summed E-state index contributed by atoms with van der Waals surface area (Å²) in [5, 5.41) is 0. The number of carbonyl (C=O) groups excluding carboxylic acids is 1. The van der Waals surface area contributed by atoms with Crippen molar-refractivity contribution in [1.29, 1.82) is 0 Å². The van der Waals surface area contributed by atoms with E-state index in [9.17, 15) is 4.79 Å². The lowest BCUT2D eigenvalue weighted by Gasteiger charge is -2.13. The summed E-state index contributed by atoms with van der Waals surface area (Å²) in [4.78, 5) is 11.0. The van der Waals surface area contributed by atoms with Crippen LogP contribution in [-0.2, 0) is 16.0 Å². The van der Waals surface area contributed by atoms with E-state index in [2.05, 4.69) is 30.8 Å². The number of hydrogen-bond acceptors (Lipinski definition) is 2. The van der Waals surface area contributed by atoms with Gasteiger partial charge in [0.05, 0.1) is 6.10 Å². The highest BCUT2D eigenvalue weighted by Gasteiger charge is 2.10. The number of methoxy groups -OCH3 is 1. The molecule has 0 bridgehead atoms. The van der Waals surface area contributed by atoms with Gasteiger partial charge in [0.25, 0.3) is 0 Å². The van der Waals surface area contributed by atoms with E-state index in [1.165, 1.54) is 5.56 Å². The summed E-state index contributed by atoms with van der Waals surface area (Å²) in [5.74, 6) is 0.179. The quantitative estimate of drug-likeness (QED) is 0.723. The Labute approximate surface area is 118 Å². The summed E-state index contributed by atoms with van der Waals surface area (Å²) in [5.41, 5.74) is 2.39. The molecule has 0 fully saturated rings. The van der Waals surface area contributed by atoms with Crippen LogP contribution in [-0.4, -0.2) is 19.0 Å². The van der Waals surface area contributed by atoms with Gasteiger partial charge in [-0.1, -0.05) is 51.8 Å². The number of ketones is 1. The Morgan fingerprint density at radius 2 is 1.89 bits per heavy atom. The Morgan fingerprint density at radius 1 is 1.32 bits per heavy atom. The van der Waals surface area contributed by atoms with Gasteiger partial charge in [0.15, 0.2) is 0 Å². The zero-order valence-corrected chi connectivity index (χ0v) is 10.6. The maximum absolute atomic E-state index is 11.0. The van der Waals surface area contributed by atoms with Gasteiger partial charge in [0.1, 0.15) is 5.78 Å². The molecule has 0 saturated heterocycles. The molecule has 0 amide bonds. The molecule has 0 aliphatic heterocycles. The number of rotatable bonds is 7. The maximum Gasteiger partial charge on any atom is 0.132 e. The second kappa shape index (κ2) is 10.5. The Kier molecular flexibility index (Phi) is 11.0. The first-order chi connectivity index (χ1) is 8.15. The molecular formula is C17H28O2. The summed E-state index contributed by atoms with van der Waals surface area (Å²) in [6, 6.07) is 8.29. The minimum absolute atomic E-state index is 0. The first-order valence-electron chi connectivity index (χ1n) is 5.89. The van der Waals surface area contributed by atoms with Crippen LogP contribution in [0.2, 0.25) is 0 Å². The van der Waals surface area contributed by atoms with Crippen molar-refractivity contribution in [3.63, 3.8) is 0 Å². The lowest BCUT2D eigenvalue weighted by Crippen LogP contribution is -2.15. The molecule has 1 atom stereocenters. The minimum atomic E-state index is 0. The molecule has 0 saturated carbocycles. The summed E-state index contributed by atoms with van der Waals surface area (Å²) in [6.07, 6.45) is 4.18. The van der Waals surface area contributed by atoms with Gasteiger partial charge in [0, 0.05) is 13.5 Å². The molecule has 2 nitrogen and oxygen atoms in total. The van der Waals surface area contributed by atoms with Crippen LogP contribution in [0.1, 0.15) is 45.7 Å². The third-order valence-electron chi connectivity index (χ3n) is 2.82. The van der Waals surface area contributed by atoms with Crippen LogP contribution in [0.25, 0.3) is 6.08 Å². The molecule has 0 aliphatic rings. The summed E-state index contributed by atoms with van der Waals surface area (Å²) >= 11 is 0. The molecule has 0 heterocycles. The first kappa shape index (κ1) is 19.9. The Balaban J connectivity index is 0. The van der Waals surface area contributed by atoms with Gasteiger partial charge < -0.3 is 4.74 Å². The molecule has 1 aromatic rings. The van der Waals surface area contributed by atoms with Gasteiger partial charge >= 0.3 is 0 Å². The normalized spacial score (nSPS) is 10.8. The van der Waals surface area contributed by atoms with Crippen LogP contribution >= 0.6 is 0 Å². The predicted molar refractivity (Wildman–Crippen MR) is 84.4 cm³/mol. The van der Waals surface area contributed by atoms with E-state index >= 15 is 0 Å². The molecule has 0 aliphatic carbocycles. The molecular weight excluding hydrogens is 236 g/mol. The number of benzene rings is 1. The average Bonchev–Trinajstić information content (AvgIpc) is 2.34. The lowest BCUT2D eigenvalue weighted by atomic mass is 10.0. The fraction of sp³-hybridized carbons (Fsp3) is 0.471. The topological polar surface area (TPSA) is 26.3 Å². The van der Waals surface area contributed by atoms with Crippen molar-refractivity contribution in [1.82, 2.24) is 0 Å². The molecule has 0 radical (unpaired) electrons. The number of aryl methyl sites for hydroxylation is 1. The molecule has 0 N–H and O–H groups in total. The predicted octanol–water partition coefficient (Wildman–Crippen LogP) is 4.53. The molecule has 19 heavy (non-hydrogen) atoms. The standard InChI is InChI=1S/C15H20O2.2CH4/c1-4-13-5-7-14(8-6-13)9-10-15(17-3)11-12(2)16;;/h4-8,15H,1,9-11H2,2-3H3;2*1H4. The smallest absolute Gasteiger partial charge is 0.132 e. The SMILES string of the molecule is C.C.C=Cc1ccc(CCC(CC(C)=O)OC)cc1. The van der Waals surface area contributed by atoms with E-state index in [1.807, 2.05) is 6.08 Å². The molecule has 1 unspecified atom stereocenters. The van der Waals surface area contributed by atoms with Crippen LogP contribution in [0.15, 0.2) is 30.8 Å². The number of carbonyl (C=O) groups is 1. The summed E-state index contributed by atoms with van der Waals surface area (Å²) < 4.78 is 5.29. The number of hydrogen-bond donors (Lipinski definition) is 0. The van der Waals surface area contributed by atoms with Crippen LogP contribution in [0.5, 0.6) is 0 Å². The van der Waals surface area contributed by atoms with E-state index in [1.54, 1.807) is 14.0 Å². The first-order valence-corrected chi connectivity index (χ1v) is 5.89. The van der Waals surface area contributed by atoms with Gasteiger partial charge in [-0.25, -0.2) is 0 Å². The van der Waals surface area contributed by atoms with Crippen LogP contribution in [0.3, 0.4) is 0 Å². The highest BCUT2D eigenvalue weighted by atomic mass is 16.5. The minimum Gasteiger partial charge on any atom is -0.381 e. The average molecular weight is 264 g/mol. The van der Waals surface area contributed by atoms with Crippen molar-refractivity contribution in [3.8, 4) is 0 Å². The van der Waals surface area contributed by atoms with Crippen molar-refractivity contribution < 1.29 is 9.53 Å². The van der Waals surface area contributed by atoms with E-state index in [0.717, 1.165) is 18.4 Å².